The highest BCUT2D eigenvalue weighted by Gasteiger charge is 2.13. The molecule has 1 aromatic carbocycles. The number of nitro benzene ring substituents is 1. The minimum absolute atomic E-state index is 0.143. The molecule has 0 bridgehead atoms. The van der Waals surface area contributed by atoms with E-state index in [0.29, 0.717) is 0 Å². The molecule has 0 aliphatic carbocycles. The van der Waals surface area contributed by atoms with Crippen molar-refractivity contribution >= 4 is 17.3 Å². The van der Waals surface area contributed by atoms with Gasteiger partial charge in [0, 0.05) is 30.3 Å². The van der Waals surface area contributed by atoms with Crippen LogP contribution in [0.25, 0.3) is 0 Å². The van der Waals surface area contributed by atoms with Crippen molar-refractivity contribution in [3.05, 3.63) is 34.1 Å². The van der Waals surface area contributed by atoms with E-state index in [1.807, 2.05) is 20.8 Å². The van der Waals surface area contributed by atoms with Gasteiger partial charge in [0.1, 0.15) is 5.82 Å². The Kier molecular flexibility index (Phi) is 5.01. The molecule has 2 N–H and O–H groups in total. The largest absolute Gasteiger partial charge is 0.384 e. The molecule has 1 rings (SSSR count). The zero-order valence-electron chi connectivity index (χ0n) is 11.7. The molecule has 0 saturated carbocycles. The first kappa shape index (κ1) is 15.9. The number of rotatable bonds is 5. The average molecular weight is 283 g/mol. The third-order valence-electron chi connectivity index (χ3n) is 2.29. The predicted molar refractivity (Wildman–Crippen MR) is 74.1 cm³/mol. The number of hydrogen-bond donors (Lipinski definition) is 2. The summed E-state index contributed by atoms with van der Waals surface area (Å²) in [6.07, 6.45) is 0.196. The molecule has 1 amide bonds. The van der Waals surface area contributed by atoms with E-state index >= 15 is 0 Å². The van der Waals surface area contributed by atoms with Gasteiger partial charge in [0.05, 0.1) is 11.0 Å². The number of anilines is 1. The summed E-state index contributed by atoms with van der Waals surface area (Å²) >= 11 is 0. The minimum Gasteiger partial charge on any atom is -0.384 e. The fourth-order valence-corrected chi connectivity index (χ4v) is 1.58. The van der Waals surface area contributed by atoms with Gasteiger partial charge in [0.25, 0.3) is 5.69 Å². The van der Waals surface area contributed by atoms with Crippen molar-refractivity contribution in [3.8, 4) is 0 Å². The Hall–Kier alpha value is -2.18. The van der Waals surface area contributed by atoms with E-state index in [2.05, 4.69) is 10.6 Å². The van der Waals surface area contributed by atoms with Gasteiger partial charge in [-0.2, -0.15) is 0 Å². The summed E-state index contributed by atoms with van der Waals surface area (Å²) in [6, 6.07) is 3.22. The topological polar surface area (TPSA) is 84.3 Å². The number of benzene rings is 1. The van der Waals surface area contributed by atoms with Crippen molar-refractivity contribution in [2.24, 2.45) is 0 Å². The molecule has 7 heteroatoms. The van der Waals surface area contributed by atoms with Gasteiger partial charge < -0.3 is 10.6 Å². The summed E-state index contributed by atoms with van der Waals surface area (Å²) in [5.74, 6) is -0.836. The van der Waals surface area contributed by atoms with Gasteiger partial charge in [-0.15, -0.1) is 0 Å². The highest BCUT2D eigenvalue weighted by molar-refractivity contribution is 5.77. The van der Waals surface area contributed by atoms with Gasteiger partial charge in [-0.3, -0.25) is 14.9 Å². The number of amides is 1. The van der Waals surface area contributed by atoms with Gasteiger partial charge in [0.15, 0.2) is 0 Å². The Morgan fingerprint density at radius 3 is 2.55 bits per heavy atom. The van der Waals surface area contributed by atoms with Gasteiger partial charge in [-0.25, -0.2) is 4.39 Å². The summed E-state index contributed by atoms with van der Waals surface area (Å²) in [4.78, 5) is 21.5. The third kappa shape index (κ3) is 5.64. The molecule has 1 aromatic rings. The molecule has 0 aromatic heterocycles. The van der Waals surface area contributed by atoms with Crippen LogP contribution in [0.5, 0.6) is 0 Å². The molecule has 110 valence electrons. The quantitative estimate of drug-likeness (QED) is 0.642. The zero-order chi connectivity index (χ0) is 15.3. The molecule has 0 fully saturated rings. The highest BCUT2D eigenvalue weighted by Crippen LogP contribution is 2.19. The molecular formula is C13H18FN3O3. The van der Waals surface area contributed by atoms with E-state index in [4.69, 9.17) is 0 Å². The van der Waals surface area contributed by atoms with Crippen LogP contribution in [0.3, 0.4) is 0 Å². The van der Waals surface area contributed by atoms with Crippen molar-refractivity contribution in [3.63, 3.8) is 0 Å². The van der Waals surface area contributed by atoms with Crippen LogP contribution in [0.1, 0.15) is 27.2 Å². The van der Waals surface area contributed by atoms with Crippen LogP contribution in [-0.4, -0.2) is 22.9 Å². The van der Waals surface area contributed by atoms with E-state index in [0.717, 1.165) is 12.1 Å². The maximum atomic E-state index is 13.2. The Bertz CT molecular complexity index is 512. The van der Waals surface area contributed by atoms with Crippen LogP contribution in [0.2, 0.25) is 0 Å². The lowest BCUT2D eigenvalue weighted by Crippen LogP contribution is -2.41. The number of carbonyl (C=O) groups is 1. The normalized spacial score (nSPS) is 11.0. The van der Waals surface area contributed by atoms with Gasteiger partial charge in [0.2, 0.25) is 5.91 Å². The monoisotopic (exact) mass is 283 g/mol. The molecular weight excluding hydrogens is 265 g/mol. The van der Waals surface area contributed by atoms with Crippen LogP contribution in [-0.2, 0) is 4.79 Å². The van der Waals surface area contributed by atoms with Gasteiger partial charge in [-0.05, 0) is 26.8 Å². The summed E-state index contributed by atoms with van der Waals surface area (Å²) in [5, 5.41) is 16.2. The molecule has 0 heterocycles. The molecule has 0 saturated heterocycles. The van der Waals surface area contributed by atoms with Crippen LogP contribution < -0.4 is 10.6 Å². The van der Waals surface area contributed by atoms with Crippen molar-refractivity contribution in [1.29, 1.82) is 0 Å². The standard InChI is InChI=1S/C13H18FN3O3/c1-13(2,3)16-12(18)4-5-15-10-6-9(14)7-11(8-10)17(19)20/h6-8,15H,4-5H2,1-3H3,(H,16,18). The number of hydrogen-bond acceptors (Lipinski definition) is 4. The number of nitro groups is 1. The smallest absolute Gasteiger partial charge is 0.274 e. The van der Waals surface area contributed by atoms with Gasteiger partial charge >= 0.3 is 0 Å². The molecule has 0 spiro atoms. The SMILES string of the molecule is CC(C)(C)NC(=O)CCNc1cc(F)cc([N+](=O)[O-])c1. The Morgan fingerprint density at radius 2 is 2.00 bits per heavy atom. The molecule has 0 radical (unpaired) electrons. The number of halogens is 1. The molecule has 20 heavy (non-hydrogen) atoms. The zero-order valence-corrected chi connectivity index (χ0v) is 11.7. The summed E-state index contributed by atoms with van der Waals surface area (Å²) in [7, 11) is 0. The summed E-state index contributed by atoms with van der Waals surface area (Å²) in [6.45, 7) is 5.87. The predicted octanol–water partition coefficient (Wildman–Crippen LogP) is 2.45. The first-order valence-corrected chi connectivity index (χ1v) is 6.17. The van der Waals surface area contributed by atoms with Crippen LogP contribution in [0, 0.1) is 15.9 Å². The lowest BCUT2D eigenvalue weighted by Gasteiger charge is -2.20. The molecule has 6 nitrogen and oxygen atoms in total. The summed E-state index contributed by atoms with van der Waals surface area (Å²) in [5.41, 5.74) is -0.360. The number of carbonyl (C=O) groups excluding carboxylic acids is 1. The fourth-order valence-electron chi connectivity index (χ4n) is 1.58. The van der Waals surface area contributed by atoms with E-state index in [-0.39, 0.29) is 35.8 Å². The Labute approximate surface area is 116 Å². The minimum atomic E-state index is -0.694. The van der Waals surface area contributed by atoms with Crippen molar-refractivity contribution in [2.75, 3.05) is 11.9 Å². The van der Waals surface area contributed by atoms with Crippen molar-refractivity contribution in [2.45, 2.75) is 32.7 Å². The maximum Gasteiger partial charge on any atom is 0.274 e. The average Bonchev–Trinajstić information content (AvgIpc) is 2.25. The second kappa shape index (κ2) is 6.31. The Balaban J connectivity index is 2.54. The lowest BCUT2D eigenvalue weighted by molar-refractivity contribution is -0.385. The lowest BCUT2D eigenvalue weighted by atomic mass is 10.1. The maximum absolute atomic E-state index is 13.2. The van der Waals surface area contributed by atoms with E-state index < -0.39 is 10.7 Å². The van der Waals surface area contributed by atoms with E-state index in [1.165, 1.54) is 6.07 Å². The number of nitrogens with zero attached hydrogens (tertiary/aromatic N) is 1. The van der Waals surface area contributed by atoms with Crippen LogP contribution in [0.15, 0.2) is 18.2 Å². The highest BCUT2D eigenvalue weighted by atomic mass is 19.1. The molecule has 0 aliphatic heterocycles. The first-order chi connectivity index (χ1) is 9.17. The second-order valence-electron chi connectivity index (χ2n) is 5.43. The Morgan fingerprint density at radius 1 is 1.35 bits per heavy atom. The number of non-ortho nitro benzene ring substituents is 1. The van der Waals surface area contributed by atoms with E-state index in [9.17, 15) is 19.3 Å². The molecule has 0 unspecified atom stereocenters. The van der Waals surface area contributed by atoms with Crippen molar-refractivity contribution < 1.29 is 14.1 Å². The second-order valence-corrected chi connectivity index (χ2v) is 5.43. The van der Waals surface area contributed by atoms with Crippen molar-refractivity contribution in [1.82, 2.24) is 5.32 Å². The molecule has 0 atom stereocenters. The fraction of sp³-hybridized carbons (Fsp3) is 0.462. The van der Waals surface area contributed by atoms with E-state index in [1.54, 1.807) is 0 Å². The molecule has 0 aliphatic rings. The third-order valence-corrected chi connectivity index (χ3v) is 2.29. The summed E-state index contributed by atoms with van der Waals surface area (Å²) < 4.78 is 13.2. The first-order valence-electron chi connectivity index (χ1n) is 6.17. The van der Waals surface area contributed by atoms with Gasteiger partial charge in [-0.1, -0.05) is 0 Å². The van der Waals surface area contributed by atoms with Crippen LogP contribution in [0.4, 0.5) is 15.8 Å². The number of nitrogens with one attached hydrogen (secondary N) is 2. The van der Waals surface area contributed by atoms with Crippen LogP contribution >= 0.6 is 0 Å².